The van der Waals surface area contributed by atoms with Gasteiger partial charge in [-0.15, -0.1) is 0 Å². The second kappa shape index (κ2) is 8.85. The average molecular weight is 366 g/mol. The standard InChI is InChI=1S/C20H30O6/c21-11-15-13-25-20(26-18-6-2-4-10-23-18)19-14(7-8-16(15)19)12-24-17-5-1-3-9-22-17/h7,13,16-21H,1-6,8-12H2/t16?,17?,18?,19-,20?/m1/s1. The first-order valence-electron chi connectivity index (χ1n) is 9.99. The van der Waals surface area contributed by atoms with Gasteiger partial charge in [-0.2, -0.15) is 0 Å². The summed E-state index contributed by atoms with van der Waals surface area (Å²) in [5, 5.41) is 9.68. The molecule has 4 unspecified atom stereocenters. The van der Waals surface area contributed by atoms with Gasteiger partial charge in [-0.25, -0.2) is 0 Å². The third-order valence-corrected chi connectivity index (χ3v) is 5.80. The van der Waals surface area contributed by atoms with Gasteiger partial charge in [-0.1, -0.05) is 6.08 Å². The highest BCUT2D eigenvalue weighted by atomic mass is 16.8. The van der Waals surface area contributed by atoms with Gasteiger partial charge in [0.05, 0.1) is 25.4 Å². The fourth-order valence-electron chi connectivity index (χ4n) is 4.32. The van der Waals surface area contributed by atoms with Crippen LogP contribution in [-0.4, -0.2) is 50.4 Å². The van der Waals surface area contributed by atoms with E-state index in [-0.39, 0.29) is 37.3 Å². The quantitative estimate of drug-likeness (QED) is 0.729. The van der Waals surface area contributed by atoms with Crippen molar-refractivity contribution in [3.63, 3.8) is 0 Å². The van der Waals surface area contributed by atoms with Crippen molar-refractivity contribution in [2.45, 2.75) is 63.8 Å². The zero-order valence-electron chi connectivity index (χ0n) is 15.3. The molecule has 5 atom stereocenters. The Morgan fingerprint density at radius 3 is 2.46 bits per heavy atom. The molecular formula is C20H30O6. The maximum atomic E-state index is 9.68. The Hall–Kier alpha value is -0.920. The molecule has 3 aliphatic heterocycles. The Balaban J connectivity index is 1.40. The van der Waals surface area contributed by atoms with Crippen molar-refractivity contribution < 1.29 is 28.8 Å². The van der Waals surface area contributed by atoms with Crippen LogP contribution in [0.3, 0.4) is 0 Å². The number of fused-ring (bicyclic) bond motifs is 1. The van der Waals surface area contributed by atoms with E-state index in [1.807, 2.05) is 0 Å². The van der Waals surface area contributed by atoms with Gasteiger partial charge in [0.15, 0.2) is 12.6 Å². The molecule has 0 radical (unpaired) electrons. The van der Waals surface area contributed by atoms with E-state index >= 15 is 0 Å². The molecule has 0 aromatic rings. The molecule has 0 saturated carbocycles. The molecule has 0 bridgehead atoms. The monoisotopic (exact) mass is 366 g/mol. The van der Waals surface area contributed by atoms with Crippen LogP contribution in [0.2, 0.25) is 0 Å². The van der Waals surface area contributed by atoms with E-state index in [0.717, 1.165) is 63.7 Å². The summed E-state index contributed by atoms with van der Waals surface area (Å²) in [4.78, 5) is 0. The summed E-state index contributed by atoms with van der Waals surface area (Å²) in [6.07, 6.45) is 10.4. The van der Waals surface area contributed by atoms with Gasteiger partial charge < -0.3 is 28.8 Å². The predicted octanol–water partition coefficient (Wildman–Crippen LogP) is 2.87. The highest BCUT2D eigenvalue weighted by molar-refractivity contribution is 5.26. The van der Waals surface area contributed by atoms with Crippen molar-refractivity contribution in [1.82, 2.24) is 0 Å². The van der Waals surface area contributed by atoms with E-state index in [1.165, 1.54) is 5.57 Å². The molecule has 4 rings (SSSR count). The Morgan fingerprint density at radius 1 is 1.00 bits per heavy atom. The normalized spacial score (nSPS) is 37.5. The van der Waals surface area contributed by atoms with Crippen molar-refractivity contribution >= 4 is 0 Å². The molecule has 3 heterocycles. The van der Waals surface area contributed by atoms with Crippen molar-refractivity contribution in [3.8, 4) is 0 Å². The van der Waals surface area contributed by atoms with Gasteiger partial charge in [0, 0.05) is 19.1 Å². The first-order valence-corrected chi connectivity index (χ1v) is 9.99. The molecule has 146 valence electrons. The fraction of sp³-hybridized carbons (Fsp3) is 0.800. The second-order valence-electron chi connectivity index (χ2n) is 7.54. The third kappa shape index (κ3) is 4.15. The minimum absolute atomic E-state index is 0.0154. The number of ether oxygens (including phenoxy) is 5. The Bertz CT molecular complexity index is 518. The number of allylic oxidation sites excluding steroid dienone is 1. The van der Waals surface area contributed by atoms with E-state index in [4.69, 9.17) is 23.7 Å². The van der Waals surface area contributed by atoms with Crippen LogP contribution >= 0.6 is 0 Å². The molecule has 0 aromatic heterocycles. The first kappa shape index (κ1) is 18.4. The Kier molecular flexibility index (Phi) is 6.27. The highest BCUT2D eigenvalue weighted by Gasteiger charge is 2.43. The van der Waals surface area contributed by atoms with Crippen LogP contribution < -0.4 is 0 Å². The molecule has 2 saturated heterocycles. The van der Waals surface area contributed by atoms with E-state index < -0.39 is 0 Å². The molecular weight excluding hydrogens is 336 g/mol. The van der Waals surface area contributed by atoms with Gasteiger partial charge in [-0.05, 0) is 56.1 Å². The van der Waals surface area contributed by atoms with E-state index in [2.05, 4.69) is 6.08 Å². The molecule has 4 aliphatic rings. The van der Waals surface area contributed by atoms with Crippen LogP contribution in [0.25, 0.3) is 0 Å². The van der Waals surface area contributed by atoms with Gasteiger partial charge >= 0.3 is 0 Å². The van der Waals surface area contributed by atoms with Crippen LogP contribution in [0, 0.1) is 11.8 Å². The maximum absolute atomic E-state index is 9.68. The van der Waals surface area contributed by atoms with Gasteiger partial charge in [0.1, 0.15) is 0 Å². The van der Waals surface area contributed by atoms with Gasteiger partial charge in [0.25, 0.3) is 0 Å². The van der Waals surface area contributed by atoms with E-state index in [0.29, 0.717) is 6.61 Å². The first-order chi connectivity index (χ1) is 12.8. The van der Waals surface area contributed by atoms with Gasteiger partial charge in [-0.3, -0.25) is 0 Å². The van der Waals surface area contributed by atoms with Crippen molar-refractivity contribution in [1.29, 1.82) is 0 Å². The summed E-state index contributed by atoms with van der Waals surface area (Å²) in [6, 6.07) is 0. The van der Waals surface area contributed by atoms with E-state index in [9.17, 15) is 5.11 Å². The number of aliphatic hydroxyl groups is 1. The summed E-state index contributed by atoms with van der Waals surface area (Å²) in [7, 11) is 0. The predicted molar refractivity (Wildman–Crippen MR) is 93.9 cm³/mol. The molecule has 1 aliphatic carbocycles. The maximum Gasteiger partial charge on any atom is 0.208 e. The molecule has 26 heavy (non-hydrogen) atoms. The van der Waals surface area contributed by atoms with Crippen LogP contribution in [0.4, 0.5) is 0 Å². The van der Waals surface area contributed by atoms with Crippen LogP contribution in [0.1, 0.15) is 44.9 Å². The topological polar surface area (TPSA) is 66.4 Å². The number of aliphatic hydroxyl groups excluding tert-OH is 1. The lowest BCUT2D eigenvalue weighted by Crippen LogP contribution is -2.40. The Labute approximate surface area is 155 Å². The summed E-state index contributed by atoms with van der Waals surface area (Å²) in [5.41, 5.74) is 2.11. The van der Waals surface area contributed by atoms with E-state index in [1.54, 1.807) is 6.26 Å². The summed E-state index contributed by atoms with van der Waals surface area (Å²) in [6.45, 7) is 2.07. The molecule has 1 N–H and O–H groups in total. The van der Waals surface area contributed by atoms with Crippen LogP contribution in [0.15, 0.2) is 23.5 Å². The highest BCUT2D eigenvalue weighted by Crippen LogP contribution is 2.44. The number of hydrogen-bond donors (Lipinski definition) is 1. The SMILES string of the molecule is OCC1=COC(OC2CCCCO2)[C@@H]2C(COC3CCCCO3)=CCC12. The van der Waals surface area contributed by atoms with Crippen molar-refractivity contribution in [2.24, 2.45) is 11.8 Å². The minimum Gasteiger partial charge on any atom is -0.472 e. The fourth-order valence-corrected chi connectivity index (χ4v) is 4.32. The van der Waals surface area contributed by atoms with Crippen molar-refractivity contribution in [3.05, 3.63) is 23.5 Å². The number of hydrogen-bond acceptors (Lipinski definition) is 6. The molecule has 6 nitrogen and oxygen atoms in total. The largest absolute Gasteiger partial charge is 0.472 e. The van der Waals surface area contributed by atoms with Crippen molar-refractivity contribution in [2.75, 3.05) is 26.4 Å². The molecule has 0 amide bonds. The minimum atomic E-state index is -0.386. The smallest absolute Gasteiger partial charge is 0.208 e. The number of rotatable bonds is 6. The summed E-state index contributed by atoms with van der Waals surface area (Å²) in [5.74, 6) is 0.282. The molecule has 6 heteroatoms. The molecule has 2 fully saturated rings. The third-order valence-electron chi connectivity index (χ3n) is 5.80. The molecule has 0 spiro atoms. The average Bonchev–Trinajstić information content (AvgIpc) is 3.13. The second-order valence-corrected chi connectivity index (χ2v) is 7.54. The van der Waals surface area contributed by atoms with Gasteiger partial charge in [0.2, 0.25) is 6.29 Å². The Morgan fingerprint density at radius 2 is 1.77 bits per heavy atom. The lowest BCUT2D eigenvalue weighted by atomic mass is 9.84. The lowest BCUT2D eigenvalue weighted by Gasteiger charge is -2.38. The summed E-state index contributed by atoms with van der Waals surface area (Å²) < 4.78 is 29.5. The van der Waals surface area contributed by atoms with Crippen LogP contribution in [-0.2, 0) is 23.7 Å². The lowest BCUT2D eigenvalue weighted by molar-refractivity contribution is -0.261. The zero-order valence-corrected chi connectivity index (χ0v) is 15.3. The zero-order chi connectivity index (χ0) is 17.8. The molecule has 0 aromatic carbocycles. The summed E-state index contributed by atoms with van der Waals surface area (Å²) >= 11 is 0. The van der Waals surface area contributed by atoms with Crippen LogP contribution in [0.5, 0.6) is 0 Å².